The number of rotatable bonds is 4. The fourth-order valence-corrected chi connectivity index (χ4v) is 3.35. The number of aliphatic hydroxyl groups is 1. The minimum Gasteiger partial charge on any atom is -0.448 e. The number of likely N-dealkylation sites (tertiary alicyclic amines) is 1. The van der Waals surface area contributed by atoms with E-state index in [1.165, 1.54) is 11.2 Å². The quantitative estimate of drug-likeness (QED) is 0.659. The van der Waals surface area contributed by atoms with Gasteiger partial charge < -0.3 is 14.4 Å². The summed E-state index contributed by atoms with van der Waals surface area (Å²) in [5.41, 5.74) is 0.977. The van der Waals surface area contributed by atoms with Crippen molar-refractivity contribution < 1.29 is 14.3 Å². The summed E-state index contributed by atoms with van der Waals surface area (Å²) in [6.45, 7) is 6.68. The maximum absolute atomic E-state index is 10.7. The van der Waals surface area contributed by atoms with Crippen LogP contribution in [0.2, 0.25) is 0 Å². The highest BCUT2D eigenvalue weighted by Gasteiger charge is 2.29. The van der Waals surface area contributed by atoms with Crippen molar-refractivity contribution in [3.8, 4) is 5.69 Å². The van der Waals surface area contributed by atoms with Gasteiger partial charge in [-0.25, -0.2) is 4.98 Å². The lowest BCUT2D eigenvalue weighted by atomic mass is 9.94. The van der Waals surface area contributed by atoms with Crippen LogP contribution in [0, 0.1) is 0 Å². The van der Waals surface area contributed by atoms with Crippen LogP contribution in [0.25, 0.3) is 5.69 Å². The van der Waals surface area contributed by atoms with Crippen molar-refractivity contribution in [1.29, 1.82) is 0 Å². The van der Waals surface area contributed by atoms with E-state index in [1.807, 2.05) is 6.07 Å². The van der Waals surface area contributed by atoms with Gasteiger partial charge in [-0.05, 0) is 52.8 Å². The van der Waals surface area contributed by atoms with Gasteiger partial charge in [0.05, 0.1) is 18.1 Å². The third-order valence-electron chi connectivity index (χ3n) is 5.39. The van der Waals surface area contributed by atoms with E-state index in [9.17, 15) is 9.90 Å². The molecule has 0 spiro atoms. The third-order valence-corrected chi connectivity index (χ3v) is 5.39. The van der Waals surface area contributed by atoms with Crippen molar-refractivity contribution in [1.82, 2.24) is 24.9 Å². The second-order valence-corrected chi connectivity index (χ2v) is 8.19. The van der Waals surface area contributed by atoms with E-state index < -0.39 is 5.60 Å². The summed E-state index contributed by atoms with van der Waals surface area (Å²) in [7, 11) is 2.14. The van der Waals surface area contributed by atoms with Crippen molar-refractivity contribution in [3.63, 3.8) is 0 Å². The summed E-state index contributed by atoms with van der Waals surface area (Å²) < 4.78 is 5.52. The molecule has 0 radical (unpaired) electrons. The molecule has 160 valence electrons. The Labute approximate surface area is 176 Å². The number of aromatic nitrogens is 4. The smallest absolute Gasteiger partial charge is 0.198 e. The Bertz CT molecular complexity index is 946. The second-order valence-electron chi connectivity index (χ2n) is 8.19. The van der Waals surface area contributed by atoms with Crippen molar-refractivity contribution >= 4 is 6.29 Å². The fraction of sp³-hybridized carbons (Fsp3) is 0.455. The molecule has 2 aromatic heterocycles. The van der Waals surface area contributed by atoms with Gasteiger partial charge in [0.1, 0.15) is 17.6 Å². The van der Waals surface area contributed by atoms with E-state index in [-0.39, 0.29) is 0 Å². The number of aldehydes is 1. The van der Waals surface area contributed by atoms with Gasteiger partial charge in [0.15, 0.2) is 12.2 Å². The minimum atomic E-state index is -0.921. The zero-order chi connectivity index (χ0) is 21.7. The molecule has 8 heteroatoms. The normalized spacial score (nSPS) is 19.8. The molecule has 1 aliphatic heterocycles. The van der Waals surface area contributed by atoms with Crippen LogP contribution in [-0.4, -0.2) is 55.9 Å². The number of hydrogen-bond acceptors (Lipinski definition) is 7. The van der Waals surface area contributed by atoms with Gasteiger partial charge in [-0.2, -0.15) is 15.0 Å². The molecule has 1 aromatic carbocycles. The SMILES string of the molecule is C[C@@H]1CCC(c2nc(C(C)(C)O)co2)CN1C.O=Cc1ccccc1-n1nccn1. The monoisotopic (exact) mass is 411 g/mol. The van der Waals surface area contributed by atoms with Crippen LogP contribution in [0.3, 0.4) is 0 Å². The molecule has 0 saturated carbocycles. The molecule has 1 aliphatic rings. The van der Waals surface area contributed by atoms with Crippen LogP contribution in [0.1, 0.15) is 61.5 Å². The number of para-hydroxylation sites is 1. The van der Waals surface area contributed by atoms with Crippen LogP contribution < -0.4 is 0 Å². The van der Waals surface area contributed by atoms with Gasteiger partial charge in [-0.1, -0.05) is 12.1 Å². The number of piperidine rings is 1. The predicted octanol–water partition coefficient (Wildman–Crippen LogP) is 3.18. The summed E-state index contributed by atoms with van der Waals surface area (Å²) in [5.74, 6) is 1.12. The maximum atomic E-state index is 10.7. The zero-order valence-electron chi connectivity index (χ0n) is 17.9. The molecule has 8 nitrogen and oxygen atoms in total. The van der Waals surface area contributed by atoms with Gasteiger partial charge in [-0.3, -0.25) is 4.79 Å². The Hall–Kier alpha value is -2.84. The van der Waals surface area contributed by atoms with Gasteiger partial charge in [0.25, 0.3) is 0 Å². The van der Waals surface area contributed by atoms with Crippen LogP contribution in [0.4, 0.5) is 0 Å². The number of likely N-dealkylation sites (N-methyl/N-ethyl adjacent to an activating group) is 1. The second kappa shape index (κ2) is 9.32. The molecule has 0 amide bonds. The van der Waals surface area contributed by atoms with Crippen molar-refractivity contribution in [2.45, 2.75) is 51.2 Å². The molecule has 3 heterocycles. The number of nitrogens with zero attached hydrogens (tertiary/aromatic N) is 5. The van der Waals surface area contributed by atoms with E-state index in [2.05, 4.69) is 34.1 Å². The maximum Gasteiger partial charge on any atom is 0.198 e. The number of hydrogen-bond donors (Lipinski definition) is 1. The van der Waals surface area contributed by atoms with Crippen LogP contribution in [0.5, 0.6) is 0 Å². The van der Waals surface area contributed by atoms with Crippen molar-refractivity contribution in [3.05, 3.63) is 60.1 Å². The lowest BCUT2D eigenvalue weighted by molar-refractivity contribution is 0.0736. The van der Waals surface area contributed by atoms with Crippen LogP contribution in [-0.2, 0) is 5.60 Å². The predicted molar refractivity (Wildman–Crippen MR) is 113 cm³/mol. The van der Waals surface area contributed by atoms with E-state index in [4.69, 9.17) is 4.42 Å². The fourth-order valence-electron chi connectivity index (χ4n) is 3.35. The lowest BCUT2D eigenvalue weighted by Crippen LogP contribution is -2.37. The molecule has 1 fully saturated rings. The summed E-state index contributed by atoms with van der Waals surface area (Å²) >= 11 is 0. The molecule has 1 saturated heterocycles. The highest BCUT2D eigenvalue weighted by atomic mass is 16.3. The summed E-state index contributed by atoms with van der Waals surface area (Å²) in [6, 6.07) is 7.80. The minimum absolute atomic E-state index is 0.354. The van der Waals surface area contributed by atoms with Gasteiger partial charge in [0.2, 0.25) is 0 Å². The van der Waals surface area contributed by atoms with Gasteiger partial charge >= 0.3 is 0 Å². The topological polar surface area (TPSA) is 97.3 Å². The largest absolute Gasteiger partial charge is 0.448 e. The highest BCUT2D eigenvalue weighted by molar-refractivity contribution is 5.80. The van der Waals surface area contributed by atoms with E-state index in [0.29, 0.717) is 28.9 Å². The molecule has 1 unspecified atom stereocenters. The first-order valence-corrected chi connectivity index (χ1v) is 10.1. The molecule has 2 atom stereocenters. The Balaban J connectivity index is 0.000000177. The summed E-state index contributed by atoms with van der Waals surface area (Å²) in [4.78, 5) is 18.8. The number of carbonyl (C=O) groups is 1. The van der Waals surface area contributed by atoms with E-state index in [1.54, 1.807) is 50.7 Å². The number of oxazole rings is 1. The first kappa shape index (κ1) is 21.9. The Kier molecular flexibility index (Phi) is 6.79. The van der Waals surface area contributed by atoms with Gasteiger partial charge in [-0.15, -0.1) is 0 Å². The molecule has 4 rings (SSSR count). The van der Waals surface area contributed by atoms with E-state index >= 15 is 0 Å². The van der Waals surface area contributed by atoms with Crippen LogP contribution in [0.15, 0.2) is 47.3 Å². The average molecular weight is 412 g/mol. The average Bonchev–Trinajstić information content (AvgIpc) is 3.42. The lowest BCUT2D eigenvalue weighted by Gasteiger charge is -2.33. The molecular weight excluding hydrogens is 382 g/mol. The summed E-state index contributed by atoms with van der Waals surface area (Å²) in [6.07, 6.45) is 7.79. The zero-order valence-corrected chi connectivity index (χ0v) is 17.9. The summed E-state index contributed by atoms with van der Waals surface area (Å²) in [5, 5.41) is 17.7. The number of carbonyl (C=O) groups excluding carboxylic acids is 1. The standard InChI is InChI=1S/C13H22N2O2.C9H7N3O/c1-9-5-6-10(7-15(9)4)12-14-11(8-17-12)13(2,3)16;13-7-8-3-1-2-4-9(8)12-10-5-6-11-12/h8-10,16H,5-7H2,1-4H3;1-7H/t9-,10?;/m1./s1. The highest BCUT2D eigenvalue weighted by Crippen LogP contribution is 2.30. The van der Waals surface area contributed by atoms with Gasteiger partial charge in [0, 0.05) is 24.1 Å². The van der Waals surface area contributed by atoms with E-state index in [0.717, 1.165) is 25.1 Å². The number of benzene rings is 1. The Morgan fingerprint density at radius 3 is 2.50 bits per heavy atom. The molecular formula is C22H29N5O3. The molecule has 0 bridgehead atoms. The van der Waals surface area contributed by atoms with Crippen LogP contribution >= 0.6 is 0 Å². The molecule has 1 N–H and O–H groups in total. The van der Waals surface area contributed by atoms with Crippen molar-refractivity contribution in [2.24, 2.45) is 0 Å². The first-order chi connectivity index (χ1) is 14.3. The molecule has 3 aromatic rings. The first-order valence-electron chi connectivity index (χ1n) is 10.1. The molecule has 0 aliphatic carbocycles. The Morgan fingerprint density at radius 1 is 1.20 bits per heavy atom. The third kappa shape index (κ3) is 5.20. The van der Waals surface area contributed by atoms with Crippen molar-refractivity contribution in [2.75, 3.05) is 13.6 Å². The Morgan fingerprint density at radius 2 is 1.90 bits per heavy atom. The molecule has 30 heavy (non-hydrogen) atoms.